The Balaban J connectivity index is 2.46. The number of benzene rings is 1. The molecule has 0 aliphatic carbocycles. The third kappa shape index (κ3) is 2.87. The van der Waals surface area contributed by atoms with Crippen LogP contribution in [0.2, 0.25) is 0 Å². The third-order valence-electron chi connectivity index (χ3n) is 3.09. The minimum Gasteiger partial charge on any atom is -0.370 e. The summed E-state index contributed by atoms with van der Waals surface area (Å²) in [6, 6.07) is 6.46. The van der Waals surface area contributed by atoms with Crippen LogP contribution in [0.5, 0.6) is 0 Å². The number of rotatable bonds is 4. The second kappa shape index (κ2) is 5.86. The zero-order valence-corrected chi connectivity index (χ0v) is 12.2. The molecule has 0 saturated carbocycles. The molecule has 4 nitrogen and oxygen atoms in total. The predicted molar refractivity (Wildman–Crippen MR) is 80.1 cm³/mol. The second-order valence-electron chi connectivity index (χ2n) is 4.64. The van der Waals surface area contributed by atoms with Gasteiger partial charge in [0.1, 0.15) is 23.3 Å². The minimum absolute atomic E-state index is 0.260. The van der Waals surface area contributed by atoms with E-state index in [2.05, 4.69) is 15.3 Å². The van der Waals surface area contributed by atoms with Crippen molar-refractivity contribution in [3.63, 3.8) is 0 Å². The number of nitrogens with one attached hydrogen (secondary N) is 1. The molecule has 0 unspecified atom stereocenters. The minimum atomic E-state index is -0.260. The van der Waals surface area contributed by atoms with Crippen LogP contribution in [0.3, 0.4) is 0 Å². The zero-order valence-electron chi connectivity index (χ0n) is 12.2. The van der Waals surface area contributed by atoms with Gasteiger partial charge in [-0.25, -0.2) is 14.4 Å². The molecular weight excluding hydrogens is 255 g/mol. The Morgan fingerprint density at radius 1 is 1.25 bits per heavy atom. The Morgan fingerprint density at radius 2 is 2.00 bits per heavy atom. The highest BCUT2D eigenvalue weighted by Gasteiger charge is 2.14. The van der Waals surface area contributed by atoms with Gasteiger partial charge in [-0.2, -0.15) is 0 Å². The predicted octanol–water partition coefficient (Wildman–Crippen LogP) is 3.43. The number of aromatic nitrogens is 2. The molecule has 0 fully saturated rings. The Morgan fingerprint density at radius 3 is 2.65 bits per heavy atom. The van der Waals surface area contributed by atoms with Gasteiger partial charge in [-0.1, -0.05) is 6.07 Å². The Bertz CT molecular complexity index is 613. The normalized spacial score (nSPS) is 10.4. The van der Waals surface area contributed by atoms with Gasteiger partial charge in [0.15, 0.2) is 0 Å². The number of halogens is 1. The third-order valence-corrected chi connectivity index (χ3v) is 3.09. The molecule has 2 aromatic rings. The summed E-state index contributed by atoms with van der Waals surface area (Å²) in [5.74, 6) is 2.02. The fraction of sp³-hybridized carbons (Fsp3) is 0.333. The molecule has 1 heterocycles. The van der Waals surface area contributed by atoms with Crippen LogP contribution in [-0.4, -0.2) is 23.6 Å². The van der Waals surface area contributed by atoms with Gasteiger partial charge < -0.3 is 10.2 Å². The van der Waals surface area contributed by atoms with Gasteiger partial charge >= 0.3 is 0 Å². The monoisotopic (exact) mass is 274 g/mol. The first-order valence-corrected chi connectivity index (χ1v) is 6.61. The van der Waals surface area contributed by atoms with Crippen LogP contribution in [0, 0.1) is 19.7 Å². The lowest BCUT2D eigenvalue weighted by Gasteiger charge is -2.22. The van der Waals surface area contributed by atoms with Gasteiger partial charge in [-0.05, 0) is 39.0 Å². The fourth-order valence-electron chi connectivity index (χ4n) is 2.09. The van der Waals surface area contributed by atoms with E-state index < -0.39 is 0 Å². The van der Waals surface area contributed by atoms with Gasteiger partial charge in [0.2, 0.25) is 0 Å². The van der Waals surface area contributed by atoms with E-state index in [1.165, 1.54) is 12.1 Å². The van der Waals surface area contributed by atoms with Gasteiger partial charge in [0, 0.05) is 24.8 Å². The molecule has 1 aromatic carbocycles. The average Bonchev–Trinajstić information content (AvgIpc) is 2.42. The van der Waals surface area contributed by atoms with Gasteiger partial charge in [0.25, 0.3) is 0 Å². The maximum Gasteiger partial charge on any atom is 0.141 e. The van der Waals surface area contributed by atoms with Crippen molar-refractivity contribution in [1.82, 2.24) is 9.97 Å². The lowest BCUT2D eigenvalue weighted by atomic mass is 10.2. The first-order chi connectivity index (χ1) is 9.52. The van der Waals surface area contributed by atoms with Crippen molar-refractivity contribution in [2.75, 3.05) is 23.8 Å². The van der Waals surface area contributed by atoms with Crippen molar-refractivity contribution in [3.05, 3.63) is 41.5 Å². The first kappa shape index (κ1) is 14.2. The average molecular weight is 274 g/mol. The Labute approximate surface area is 118 Å². The molecule has 1 aromatic heterocycles. The van der Waals surface area contributed by atoms with E-state index in [1.807, 2.05) is 38.8 Å². The topological polar surface area (TPSA) is 41.1 Å². The molecule has 5 heteroatoms. The van der Waals surface area contributed by atoms with E-state index in [0.29, 0.717) is 5.82 Å². The molecule has 0 amide bonds. The van der Waals surface area contributed by atoms with Crippen molar-refractivity contribution < 1.29 is 4.39 Å². The molecular formula is C15H19FN4. The van der Waals surface area contributed by atoms with E-state index in [1.54, 1.807) is 6.07 Å². The maximum absolute atomic E-state index is 13.4. The van der Waals surface area contributed by atoms with Crippen LogP contribution in [0.25, 0.3) is 0 Å². The van der Waals surface area contributed by atoms with E-state index in [0.717, 1.165) is 29.4 Å². The summed E-state index contributed by atoms with van der Waals surface area (Å²) in [4.78, 5) is 10.7. The van der Waals surface area contributed by atoms with E-state index in [-0.39, 0.29) is 5.82 Å². The number of hydrogen-bond acceptors (Lipinski definition) is 4. The van der Waals surface area contributed by atoms with E-state index in [4.69, 9.17) is 0 Å². The summed E-state index contributed by atoms with van der Waals surface area (Å²) in [7, 11) is 1.87. The van der Waals surface area contributed by atoms with E-state index in [9.17, 15) is 4.39 Å². The molecule has 2 rings (SSSR count). The number of anilines is 3. The van der Waals surface area contributed by atoms with Crippen LogP contribution in [0.15, 0.2) is 24.3 Å². The molecule has 1 N–H and O–H groups in total. The smallest absolute Gasteiger partial charge is 0.141 e. The molecule has 0 atom stereocenters. The SMILES string of the molecule is CCNc1nc(C)nc(N(C)c2cccc(F)c2)c1C. The lowest BCUT2D eigenvalue weighted by Crippen LogP contribution is -2.16. The number of hydrogen-bond donors (Lipinski definition) is 1. The molecule has 0 spiro atoms. The quantitative estimate of drug-likeness (QED) is 0.927. The zero-order chi connectivity index (χ0) is 14.7. The van der Waals surface area contributed by atoms with Crippen LogP contribution < -0.4 is 10.2 Å². The van der Waals surface area contributed by atoms with Crippen LogP contribution >= 0.6 is 0 Å². The van der Waals surface area contributed by atoms with Crippen molar-refractivity contribution in [2.24, 2.45) is 0 Å². The van der Waals surface area contributed by atoms with Crippen molar-refractivity contribution in [1.29, 1.82) is 0 Å². The van der Waals surface area contributed by atoms with Gasteiger partial charge in [0.05, 0.1) is 0 Å². The van der Waals surface area contributed by atoms with Crippen LogP contribution in [0.4, 0.5) is 21.7 Å². The standard InChI is InChI=1S/C15H19FN4/c1-5-17-14-10(2)15(19-11(3)18-14)20(4)13-8-6-7-12(16)9-13/h6-9H,5H2,1-4H3,(H,17,18,19). The molecule has 20 heavy (non-hydrogen) atoms. The van der Waals surface area contributed by atoms with Crippen molar-refractivity contribution in [3.8, 4) is 0 Å². The molecule has 0 saturated heterocycles. The highest BCUT2D eigenvalue weighted by molar-refractivity contribution is 5.66. The molecule has 0 aliphatic rings. The molecule has 0 aliphatic heterocycles. The summed E-state index contributed by atoms with van der Waals surface area (Å²) in [6.45, 7) is 6.62. The largest absolute Gasteiger partial charge is 0.370 e. The first-order valence-electron chi connectivity index (χ1n) is 6.61. The Kier molecular flexibility index (Phi) is 4.17. The van der Waals surface area contributed by atoms with Crippen molar-refractivity contribution >= 4 is 17.3 Å². The van der Waals surface area contributed by atoms with E-state index >= 15 is 0 Å². The number of aryl methyl sites for hydroxylation is 1. The summed E-state index contributed by atoms with van der Waals surface area (Å²) < 4.78 is 13.4. The van der Waals surface area contributed by atoms with Crippen molar-refractivity contribution in [2.45, 2.75) is 20.8 Å². The lowest BCUT2D eigenvalue weighted by molar-refractivity contribution is 0.628. The maximum atomic E-state index is 13.4. The highest BCUT2D eigenvalue weighted by Crippen LogP contribution is 2.28. The summed E-state index contributed by atoms with van der Waals surface area (Å²) in [5, 5.41) is 3.22. The van der Waals surface area contributed by atoms with Gasteiger partial charge in [-0.15, -0.1) is 0 Å². The summed E-state index contributed by atoms with van der Waals surface area (Å²) >= 11 is 0. The molecule has 106 valence electrons. The number of nitrogens with zero attached hydrogens (tertiary/aromatic N) is 3. The summed E-state index contributed by atoms with van der Waals surface area (Å²) in [5.41, 5.74) is 1.71. The Hall–Kier alpha value is -2.17. The summed E-state index contributed by atoms with van der Waals surface area (Å²) in [6.07, 6.45) is 0. The fourth-order valence-corrected chi connectivity index (χ4v) is 2.09. The van der Waals surface area contributed by atoms with Gasteiger partial charge in [-0.3, -0.25) is 0 Å². The molecule has 0 radical (unpaired) electrons. The van der Waals surface area contributed by atoms with Crippen LogP contribution in [0.1, 0.15) is 18.3 Å². The highest BCUT2D eigenvalue weighted by atomic mass is 19.1. The second-order valence-corrected chi connectivity index (χ2v) is 4.64. The van der Waals surface area contributed by atoms with Crippen LogP contribution in [-0.2, 0) is 0 Å². The molecule has 0 bridgehead atoms.